The van der Waals surface area contributed by atoms with Crippen molar-refractivity contribution in [3.63, 3.8) is 0 Å². The second-order valence-corrected chi connectivity index (χ2v) is 10.2. The van der Waals surface area contributed by atoms with Gasteiger partial charge in [-0.1, -0.05) is 36.0 Å². The van der Waals surface area contributed by atoms with E-state index in [2.05, 4.69) is 15.1 Å². The van der Waals surface area contributed by atoms with Gasteiger partial charge in [0.05, 0.1) is 30.6 Å². The lowest BCUT2D eigenvalue weighted by atomic mass is 10.1. The van der Waals surface area contributed by atoms with E-state index in [9.17, 15) is 18.9 Å². The minimum Gasteiger partial charge on any atom is -0.455 e. The number of furan rings is 1. The van der Waals surface area contributed by atoms with E-state index >= 15 is 0 Å². The van der Waals surface area contributed by atoms with E-state index in [1.165, 1.54) is 12.3 Å². The van der Waals surface area contributed by atoms with Gasteiger partial charge in [-0.3, -0.25) is 10.1 Å². The maximum atomic E-state index is 12.5. The Balaban J connectivity index is 1.32. The molecule has 206 valence electrons. The molecule has 0 saturated carbocycles. The van der Waals surface area contributed by atoms with Crippen LogP contribution in [0.2, 0.25) is 0 Å². The number of hydrogen-bond acceptors (Lipinski definition) is 8. The quantitative estimate of drug-likeness (QED) is 0.120. The monoisotopic (exact) mass is 564 g/mol. The van der Waals surface area contributed by atoms with Gasteiger partial charge in [0.25, 0.3) is 11.4 Å². The molecule has 5 rings (SSSR count). The molecule has 2 heterocycles. The molecule has 2 aliphatic rings. The van der Waals surface area contributed by atoms with Gasteiger partial charge < -0.3 is 14.1 Å². The lowest BCUT2D eigenvalue weighted by Crippen LogP contribution is -2.36. The lowest BCUT2D eigenvalue weighted by molar-refractivity contribution is -0.384. The summed E-state index contributed by atoms with van der Waals surface area (Å²) < 4.78 is 36.4. The lowest BCUT2D eigenvalue weighted by Gasteiger charge is -2.31. The number of thioether (sulfide) groups is 1. The fourth-order valence-electron chi connectivity index (χ4n) is 4.67. The van der Waals surface area contributed by atoms with Crippen molar-refractivity contribution >= 4 is 36.0 Å². The number of nitro groups is 1. The Labute approximate surface area is 233 Å². The van der Waals surface area contributed by atoms with Crippen LogP contribution in [0.25, 0.3) is 17.4 Å². The summed E-state index contributed by atoms with van der Waals surface area (Å²) in [7, 11) is 0. The van der Waals surface area contributed by atoms with Crippen molar-refractivity contribution in [2.24, 2.45) is 10.2 Å². The molecule has 1 saturated heterocycles. The average Bonchev–Trinajstić information content (AvgIpc) is 3.59. The van der Waals surface area contributed by atoms with Gasteiger partial charge >= 0.3 is 0 Å². The van der Waals surface area contributed by atoms with Crippen molar-refractivity contribution in [1.29, 1.82) is 0 Å². The van der Waals surface area contributed by atoms with Gasteiger partial charge in [0.1, 0.15) is 11.5 Å². The van der Waals surface area contributed by atoms with Gasteiger partial charge in [-0.25, -0.2) is 0 Å². The molecule has 40 heavy (non-hydrogen) atoms. The largest absolute Gasteiger partial charge is 0.455 e. The molecule has 2 aromatic carbocycles. The van der Waals surface area contributed by atoms with E-state index in [-0.39, 0.29) is 10.6 Å². The van der Waals surface area contributed by atoms with Crippen LogP contribution in [-0.2, 0) is 4.74 Å². The van der Waals surface area contributed by atoms with Crippen LogP contribution < -0.4 is 0 Å². The molecular weight excluding hydrogens is 538 g/mol. The normalized spacial score (nSPS) is 17.3. The minimum absolute atomic E-state index is 0.0595. The summed E-state index contributed by atoms with van der Waals surface area (Å²) >= 11 is 0.501. The molecule has 0 amide bonds. The van der Waals surface area contributed by atoms with E-state index in [4.69, 9.17) is 9.15 Å². The van der Waals surface area contributed by atoms with Crippen molar-refractivity contribution in [3.05, 3.63) is 98.9 Å². The Morgan fingerprint density at radius 2 is 1.77 bits per heavy atom. The van der Waals surface area contributed by atoms with E-state index in [1.807, 2.05) is 12.1 Å². The number of halogens is 2. The minimum atomic E-state index is -2.46. The predicted molar refractivity (Wildman–Crippen MR) is 152 cm³/mol. The highest BCUT2D eigenvalue weighted by molar-refractivity contribution is 7.99. The third-order valence-corrected chi connectivity index (χ3v) is 7.20. The summed E-state index contributed by atoms with van der Waals surface area (Å²) in [6, 6.07) is 16.9. The van der Waals surface area contributed by atoms with Crippen LogP contribution in [0.15, 0.2) is 97.0 Å². The van der Waals surface area contributed by atoms with Crippen LogP contribution >= 0.6 is 11.8 Å². The second-order valence-electron chi connectivity index (χ2n) is 9.09. The third kappa shape index (κ3) is 6.91. The van der Waals surface area contributed by atoms with Crippen LogP contribution in [-0.4, -0.2) is 54.3 Å². The number of alkyl halides is 2. The summed E-state index contributed by atoms with van der Waals surface area (Å²) in [5, 5.41) is 19.7. The summed E-state index contributed by atoms with van der Waals surface area (Å²) in [5.74, 6) is -1.35. The third-order valence-electron chi connectivity index (χ3n) is 6.48. The van der Waals surface area contributed by atoms with Gasteiger partial charge in [-0.2, -0.15) is 19.0 Å². The molecule has 1 aliphatic carbocycles. The van der Waals surface area contributed by atoms with Gasteiger partial charge in [0, 0.05) is 41.4 Å². The zero-order valence-electron chi connectivity index (χ0n) is 21.4. The number of nitrogens with zero attached hydrogens (tertiary/aromatic N) is 4. The molecular formula is C29H26F2N4O4S. The average molecular weight is 565 g/mol. The van der Waals surface area contributed by atoms with Gasteiger partial charge in [0.2, 0.25) is 0 Å². The zero-order chi connectivity index (χ0) is 27.9. The molecule has 1 aliphatic heterocycles. The molecule has 0 unspecified atom stereocenters. The molecule has 11 heteroatoms. The first kappa shape index (κ1) is 27.5. The first-order chi connectivity index (χ1) is 19.5. The Hall–Kier alpha value is -4.09. The Kier molecular flexibility index (Phi) is 8.82. The Bertz CT molecular complexity index is 1480. The highest BCUT2D eigenvalue weighted by Crippen LogP contribution is 2.35. The maximum Gasteiger partial charge on any atom is 0.288 e. The number of rotatable bonds is 9. The Morgan fingerprint density at radius 3 is 2.52 bits per heavy atom. The van der Waals surface area contributed by atoms with Gasteiger partial charge in [-0.05, 0) is 59.9 Å². The molecule has 3 aromatic rings. The second kappa shape index (κ2) is 12.8. The Morgan fingerprint density at radius 1 is 1.00 bits per heavy atom. The molecule has 0 bridgehead atoms. The smallest absolute Gasteiger partial charge is 0.288 e. The number of hydrogen-bond donors (Lipinski definition) is 0. The zero-order valence-corrected chi connectivity index (χ0v) is 22.2. The van der Waals surface area contributed by atoms with E-state index in [1.54, 1.807) is 54.7 Å². The van der Waals surface area contributed by atoms with E-state index in [0.717, 1.165) is 53.9 Å². The van der Waals surface area contributed by atoms with Crippen molar-refractivity contribution in [1.82, 2.24) is 4.90 Å². The number of ether oxygens (including phenoxy) is 1. The van der Waals surface area contributed by atoms with Crippen molar-refractivity contribution < 1.29 is 22.9 Å². The fourth-order valence-corrected chi connectivity index (χ4v) is 5.17. The summed E-state index contributed by atoms with van der Waals surface area (Å²) in [5.41, 5.74) is 4.82. The number of allylic oxidation sites excluding steroid dienone is 2. The van der Waals surface area contributed by atoms with Crippen LogP contribution in [0.4, 0.5) is 14.5 Å². The van der Waals surface area contributed by atoms with E-state index < -0.39 is 5.76 Å². The van der Waals surface area contributed by atoms with Crippen LogP contribution in [0.3, 0.4) is 0 Å². The molecule has 8 nitrogen and oxygen atoms in total. The highest BCUT2D eigenvalue weighted by Gasteiger charge is 2.25. The highest BCUT2D eigenvalue weighted by atomic mass is 32.2. The number of nitro benzene ring substituents is 1. The fraction of sp³-hybridized carbons (Fsp3) is 0.241. The molecule has 1 aromatic heterocycles. The van der Waals surface area contributed by atoms with Crippen LogP contribution in [0.5, 0.6) is 0 Å². The first-order valence-corrected chi connectivity index (χ1v) is 13.6. The predicted octanol–water partition coefficient (Wildman–Crippen LogP) is 7.04. The molecule has 0 radical (unpaired) electrons. The first-order valence-electron chi connectivity index (χ1n) is 12.7. The summed E-state index contributed by atoms with van der Waals surface area (Å²) in [4.78, 5) is 13.6. The summed E-state index contributed by atoms with van der Waals surface area (Å²) in [6.07, 6.45) is 6.84. The number of benzene rings is 2. The SMILES string of the molecule is O=[N+]([O-])c1cccc(/C=C2/CCC(/C=N/N=C/c3ccc(-c4ccc(SC(F)F)cc4)o3)=C2N2CCOCC2)c1. The van der Waals surface area contributed by atoms with Crippen molar-refractivity contribution in [3.8, 4) is 11.3 Å². The topological polar surface area (TPSA) is 93.5 Å². The van der Waals surface area contributed by atoms with Crippen LogP contribution in [0, 0.1) is 10.1 Å². The molecule has 0 spiro atoms. The number of non-ortho nitro benzene ring substituents is 1. The molecule has 1 fully saturated rings. The van der Waals surface area contributed by atoms with Crippen molar-refractivity contribution in [2.75, 3.05) is 26.3 Å². The number of morpholine rings is 1. The molecule has 0 atom stereocenters. The summed E-state index contributed by atoms with van der Waals surface area (Å²) in [6.45, 7) is 2.76. The van der Waals surface area contributed by atoms with Gasteiger partial charge in [0.15, 0.2) is 0 Å². The van der Waals surface area contributed by atoms with Crippen LogP contribution in [0.1, 0.15) is 24.2 Å². The van der Waals surface area contributed by atoms with Gasteiger partial charge in [-0.15, -0.1) is 0 Å². The maximum absolute atomic E-state index is 12.5. The standard InChI is InChI=1S/C29H26F2N4O4S/c30-29(31)40-26-9-6-21(7-10-26)27-11-8-25(39-27)19-33-32-18-23-5-4-22(28(23)34-12-14-38-15-13-34)16-20-2-1-3-24(17-20)35(36)37/h1-3,6-11,16-19,29H,4-5,12-15H2/b22-16-,32-18+,33-19+. The van der Waals surface area contributed by atoms with E-state index in [0.29, 0.717) is 41.4 Å². The van der Waals surface area contributed by atoms with Crippen molar-refractivity contribution in [2.45, 2.75) is 23.5 Å². The molecule has 0 N–H and O–H groups in total.